The Kier molecular flexibility index (Phi) is 8.00. The number of hydrogen-bond acceptors (Lipinski definition) is 9. The highest BCUT2D eigenvalue weighted by molar-refractivity contribution is 8.03. The van der Waals surface area contributed by atoms with Crippen molar-refractivity contribution in [3.8, 4) is 6.07 Å². The minimum Gasteiger partial charge on any atom is -0.468 e. The van der Waals surface area contributed by atoms with Crippen molar-refractivity contribution < 1.29 is 33.4 Å². The third kappa shape index (κ3) is 4.99. The fraction of sp³-hybridized carbons (Fsp3) is 0.350. The number of benzene rings is 1. The van der Waals surface area contributed by atoms with E-state index in [9.17, 15) is 24.4 Å². The normalized spacial score (nSPS) is 18.1. The van der Waals surface area contributed by atoms with Crippen LogP contribution in [0.2, 0.25) is 0 Å². The molecule has 9 nitrogen and oxygen atoms in total. The monoisotopic (exact) mass is 432 g/mol. The van der Waals surface area contributed by atoms with Gasteiger partial charge >= 0.3 is 17.9 Å². The number of thioether (sulfide) groups is 1. The number of methoxy groups -OCH3 is 2. The highest BCUT2D eigenvalue weighted by Gasteiger charge is 2.44. The zero-order valence-electron chi connectivity index (χ0n) is 16.6. The number of carbonyl (C=O) groups is 4. The number of esters is 3. The van der Waals surface area contributed by atoms with Gasteiger partial charge in [-0.25, -0.2) is 4.79 Å². The second-order valence-electron chi connectivity index (χ2n) is 6.03. The SMILES string of the molecule is CCOC(=O)CSC1=C(C#N)[C@H](c2ccc(C(=O)OC)cc2)[C@@H](C(=O)OC)C(=O)N1. The van der Waals surface area contributed by atoms with Crippen LogP contribution in [-0.4, -0.2) is 50.4 Å². The average Bonchev–Trinajstić information content (AvgIpc) is 2.76. The molecule has 0 bridgehead atoms. The maximum Gasteiger partial charge on any atom is 0.337 e. The molecule has 0 fully saturated rings. The van der Waals surface area contributed by atoms with Gasteiger partial charge < -0.3 is 19.5 Å². The molecule has 0 aliphatic carbocycles. The van der Waals surface area contributed by atoms with E-state index in [1.807, 2.05) is 6.07 Å². The lowest BCUT2D eigenvalue weighted by Gasteiger charge is -2.30. The Morgan fingerprint density at radius 2 is 1.83 bits per heavy atom. The third-order valence-corrected chi connectivity index (χ3v) is 5.31. The summed E-state index contributed by atoms with van der Waals surface area (Å²) in [7, 11) is 2.40. The van der Waals surface area contributed by atoms with Crippen LogP contribution in [0, 0.1) is 17.2 Å². The molecule has 1 N–H and O–H groups in total. The number of ether oxygens (including phenoxy) is 3. The average molecular weight is 432 g/mol. The van der Waals surface area contributed by atoms with Gasteiger partial charge in [0.15, 0.2) is 0 Å². The minimum atomic E-state index is -1.31. The topological polar surface area (TPSA) is 132 Å². The molecule has 2 rings (SSSR count). The van der Waals surface area contributed by atoms with Crippen LogP contribution in [0.25, 0.3) is 0 Å². The molecule has 1 aliphatic rings. The highest BCUT2D eigenvalue weighted by atomic mass is 32.2. The molecule has 10 heteroatoms. The minimum absolute atomic E-state index is 0.102. The van der Waals surface area contributed by atoms with Crippen molar-refractivity contribution in [2.24, 2.45) is 5.92 Å². The Bertz CT molecular complexity index is 918. The molecule has 1 aromatic rings. The first-order valence-electron chi connectivity index (χ1n) is 8.87. The standard InChI is InChI=1S/C20H20N2O7S/c1-4-29-14(23)10-30-18-13(9-21)15(16(17(24)22-18)20(26)28-3)11-5-7-12(8-6-11)19(25)27-2/h5-8,15-16H,4,10H2,1-3H3,(H,22,24)/t15-,16+/m0/s1. The maximum atomic E-state index is 12.7. The molecule has 1 aromatic carbocycles. The van der Waals surface area contributed by atoms with Gasteiger partial charge in [-0.1, -0.05) is 23.9 Å². The Hall–Kier alpha value is -3.32. The predicted octanol–water partition coefficient (Wildman–Crippen LogP) is 1.51. The summed E-state index contributed by atoms with van der Waals surface area (Å²) in [5.41, 5.74) is 0.833. The first kappa shape index (κ1) is 23.0. The zero-order chi connectivity index (χ0) is 22.3. The molecular weight excluding hydrogens is 412 g/mol. The van der Waals surface area contributed by atoms with Gasteiger partial charge in [0.1, 0.15) is 5.92 Å². The van der Waals surface area contributed by atoms with Gasteiger partial charge in [0.05, 0.1) is 48.8 Å². The fourth-order valence-corrected chi connectivity index (χ4v) is 3.80. The summed E-state index contributed by atoms with van der Waals surface area (Å²) in [6.07, 6.45) is 0. The van der Waals surface area contributed by atoms with Crippen LogP contribution in [0.1, 0.15) is 28.8 Å². The largest absolute Gasteiger partial charge is 0.468 e. The van der Waals surface area contributed by atoms with E-state index in [0.29, 0.717) is 5.56 Å². The highest BCUT2D eigenvalue weighted by Crippen LogP contribution is 2.40. The fourth-order valence-electron chi connectivity index (χ4n) is 2.96. The smallest absolute Gasteiger partial charge is 0.337 e. The summed E-state index contributed by atoms with van der Waals surface area (Å²) < 4.78 is 14.3. The van der Waals surface area contributed by atoms with Crippen LogP contribution in [-0.2, 0) is 28.6 Å². The Morgan fingerprint density at radius 3 is 2.37 bits per heavy atom. The van der Waals surface area contributed by atoms with Crippen LogP contribution in [0.3, 0.4) is 0 Å². The molecule has 2 atom stereocenters. The molecule has 158 valence electrons. The number of amides is 1. The zero-order valence-corrected chi connectivity index (χ0v) is 17.4. The number of nitrogens with zero attached hydrogens (tertiary/aromatic N) is 1. The van der Waals surface area contributed by atoms with Crippen LogP contribution in [0.5, 0.6) is 0 Å². The van der Waals surface area contributed by atoms with Gasteiger partial charge in [-0.15, -0.1) is 0 Å². The molecule has 0 radical (unpaired) electrons. The summed E-state index contributed by atoms with van der Waals surface area (Å²) >= 11 is 0.938. The first-order chi connectivity index (χ1) is 14.4. The number of carbonyl (C=O) groups excluding carboxylic acids is 4. The van der Waals surface area contributed by atoms with Crippen molar-refractivity contribution in [3.05, 3.63) is 46.0 Å². The lowest BCUT2D eigenvalue weighted by atomic mass is 9.78. The summed E-state index contributed by atoms with van der Waals surface area (Å²) in [4.78, 5) is 48.4. The van der Waals surface area contributed by atoms with Gasteiger partial charge in [-0.3, -0.25) is 14.4 Å². The Morgan fingerprint density at radius 1 is 1.17 bits per heavy atom. The van der Waals surface area contributed by atoms with E-state index in [-0.39, 0.29) is 28.5 Å². The number of nitriles is 1. The summed E-state index contributed by atoms with van der Waals surface area (Å²) in [6, 6.07) is 8.05. The van der Waals surface area contributed by atoms with Gasteiger partial charge in [0.25, 0.3) is 0 Å². The van der Waals surface area contributed by atoms with E-state index in [0.717, 1.165) is 18.9 Å². The summed E-state index contributed by atoms with van der Waals surface area (Å²) in [5.74, 6) is -4.89. The maximum absolute atomic E-state index is 12.7. The molecule has 1 heterocycles. The predicted molar refractivity (Wildman–Crippen MR) is 106 cm³/mol. The summed E-state index contributed by atoms with van der Waals surface area (Å²) in [6.45, 7) is 1.87. The van der Waals surface area contributed by atoms with Crippen molar-refractivity contribution in [2.75, 3.05) is 26.6 Å². The number of rotatable bonds is 7. The van der Waals surface area contributed by atoms with Crippen LogP contribution >= 0.6 is 11.8 Å². The number of hydrogen-bond donors (Lipinski definition) is 1. The van der Waals surface area contributed by atoms with Crippen molar-refractivity contribution in [1.82, 2.24) is 5.32 Å². The van der Waals surface area contributed by atoms with Gasteiger partial charge in [-0.2, -0.15) is 5.26 Å². The van der Waals surface area contributed by atoms with E-state index in [2.05, 4.69) is 10.1 Å². The summed E-state index contributed by atoms with van der Waals surface area (Å²) in [5, 5.41) is 12.5. The van der Waals surface area contributed by atoms with Crippen molar-refractivity contribution in [1.29, 1.82) is 5.26 Å². The van der Waals surface area contributed by atoms with E-state index < -0.39 is 35.7 Å². The molecule has 0 spiro atoms. The molecule has 0 saturated heterocycles. The third-order valence-electron chi connectivity index (χ3n) is 4.31. The van der Waals surface area contributed by atoms with Gasteiger partial charge in [0, 0.05) is 5.92 Å². The molecule has 1 aliphatic heterocycles. The molecule has 30 heavy (non-hydrogen) atoms. The van der Waals surface area contributed by atoms with E-state index in [4.69, 9.17) is 9.47 Å². The van der Waals surface area contributed by atoms with Crippen LogP contribution < -0.4 is 5.32 Å². The molecule has 0 aromatic heterocycles. The van der Waals surface area contributed by atoms with Crippen LogP contribution in [0.15, 0.2) is 34.9 Å². The van der Waals surface area contributed by atoms with Gasteiger partial charge in [-0.05, 0) is 24.6 Å². The van der Waals surface area contributed by atoms with E-state index in [1.54, 1.807) is 6.92 Å². The second kappa shape index (κ2) is 10.5. The lowest BCUT2D eigenvalue weighted by molar-refractivity contribution is -0.150. The van der Waals surface area contributed by atoms with Crippen molar-refractivity contribution >= 4 is 35.6 Å². The quantitative estimate of drug-likeness (QED) is 0.387. The van der Waals surface area contributed by atoms with Crippen molar-refractivity contribution in [2.45, 2.75) is 12.8 Å². The van der Waals surface area contributed by atoms with Gasteiger partial charge in [0.2, 0.25) is 5.91 Å². The number of allylic oxidation sites excluding steroid dienone is 1. The molecular formula is C20H20N2O7S. The Labute approximate surface area is 177 Å². The van der Waals surface area contributed by atoms with E-state index in [1.165, 1.54) is 31.4 Å². The first-order valence-corrected chi connectivity index (χ1v) is 9.86. The van der Waals surface area contributed by atoms with E-state index >= 15 is 0 Å². The number of nitrogens with one attached hydrogen (secondary N) is 1. The second-order valence-corrected chi connectivity index (χ2v) is 7.02. The molecule has 0 saturated carbocycles. The Balaban J connectivity index is 2.50. The van der Waals surface area contributed by atoms with Crippen LogP contribution in [0.4, 0.5) is 0 Å². The van der Waals surface area contributed by atoms with Crippen molar-refractivity contribution in [3.63, 3.8) is 0 Å². The molecule has 0 unspecified atom stereocenters. The molecule has 1 amide bonds. The lowest BCUT2D eigenvalue weighted by Crippen LogP contribution is -2.44.